The lowest BCUT2D eigenvalue weighted by Gasteiger charge is -2.59. The van der Waals surface area contributed by atoms with Crippen LogP contribution in [0.5, 0.6) is 0 Å². The van der Waals surface area contributed by atoms with E-state index in [-0.39, 0.29) is 36.2 Å². The lowest BCUT2D eigenvalue weighted by molar-refractivity contribution is -0.190. The molecule has 6 rings (SSSR count). The standard InChI is InChI=1S/C28H32O7/c1-13-16(15-8-10-33-14(15)2)11-17-21(13)28(5)18(12-20(30)32-6)27(4)19(29)7-9-26(3)23(27)22(24(28)34-17)35-25(26)31/h7-10,16-18,22-24H,11-12H2,1-6H3/t16-,17-,18-,22-,23+,24-,26-,27+,28-/m1/s1. The number of aryl methyl sites for hydroxylation is 1. The van der Waals surface area contributed by atoms with E-state index in [9.17, 15) is 14.4 Å². The Balaban J connectivity index is 1.57. The molecule has 0 unspecified atom stereocenters. The van der Waals surface area contributed by atoms with Gasteiger partial charge in [-0.25, -0.2) is 0 Å². The monoisotopic (exact) mass is 480 g/mol. The summed E-state index contributed by atoms with van der Waals surface area (Å²) in [6.45, 7) is 9.95. The van der Waals surface area contributed by atoms with Crippen LogP contribution in [0.15, 0.2) is 40.0 Å². The Morgan fingerprint density at radius 1 is 1.17 bits per heavy atom. The molecule has 7 nitrogen and oxygen atoms in total. The average molecular weight is 481 g/mol. The third-order valence-corrected chi connectivity index (χ3v) is 10.2. The Morgan fingerprint density at radius 3 is 2.57 bits per heavy atom. The van der Waals surface area contributed by atoms with Crippen LogP contribution in [0.1, 0.15) is 57.8 Å². The van der Waals surface area contributed by atoms with Gasteiger partial charge in [0.15, 0.2) is 5.78 Å². The third kappa shape index (κ3) is 2.52. The van der Waals surface area contributed by atoms with Gasteiger partial charge in [-0.2, -0.15) is 0 Å². The highest BCUT2D eigenvalue weighted by Crippen LogP contribution is 2.72. The maximum atomic E-state index is 13.7. The molecule has 5 aliphatic rings. The Hall–Kier alpha value is -2.67. The number of carbonyl (C=O) groups is 3. The molecular weight excluding hydrogens is 448 g/mol. The van der Waals surface area contributed by atoms with Crippen molar-refractivity contribution < 1.29 is 33.0 Å². The van der Waals surface area contributed by atoms with Gasteiger partial charge in [0, 0.05) is 28.2 Å². The maximum Gasteiger partial charge on any atom is 0.316 e. The highest BCUT2D eigenvalue weighted by molar-refractivity contribution is 6.00. The van der Waals surface area contributed by atoms with Gasteiger partial charge in [-0.3, -0.25) is 14.4 Å². The lowest BCUT2D eigenvalue weighted by Crippen LogP contribution is -2.66. The van der Waals surface area contributed by atoms with E-state index >= 15 is 0 Å². The Kier molecular flexibility index (Phi) is 4.53. The number of hydrogen-bond donors (Lipinski definition) is 0. The topological polar surface area (TPSA) is 92.0 Å². The van der Waals surface area contributed by atoms with Crippen molar-refractivity contribution in [2.24, 2.45) is 28.1 Å². The smallest absolute Gasteiger partial charge is 0.316 e. The van der Waals surface area contributed by atoms with Gasteiger partial charge in [-0.05, 0) is 50.8 Å². The SMILES string of the molecule is COC(=O)C[C@H]1[C@]2(C)C3=C(C)[C@H](c4ccoc4C)C[C@H]3O[C@@H]2[C@@H]2OC(=O)[C@]3(C)C=CC(=O)[C@@]1(C)[C@@H]23. The fourth-order valence-electron chi connectivity index (χ4n) is 8.66. The molecule has 2 saturated heterocycles. The van der Waals surface area contributed by atoms with Crippen LogP contribution in [0.25, 0.3) is 0 Å². The van der Waals surface area contributed by atoms with Crippen molar-refractivity contribution in [3.8, 4) is 0 Å². The molecule has 2 aliphatic heterocycles. The molecule has 0 spiro atoms. The molecule has 35 heavy (non-hydrogen) atoms. The van der Waals surface area contributed by atoms with Crippen LogP contribution in [0, 0.1) is 35.0 Å². The molecule has 1 saturated carbocycles. The summed E-state index contributed by atoms with van der Waals surface area (Å²) in [6.07, 6.45) is 4.56. The number of methoxy groups -OCH3 is 1. The van der Waals surface area contributed by atoms with Crippen molar-refractivity contribution in [2.75, 3.05) is 7.11 Å². The summed E-state index contributed by atoms with van der Waals surface area (Å²) in [5.41, 5.74) is 0.839. The Labute approximate surface area is 204 Å². The van der Waals surface area contributed by atoms with Gasteiger partial charge < -0.3 is 18.6 Å². The molecule has 186 valence electrons. The Morgan fingerprint density at radius 2 is 1.91 bits per heavy atom. The van der Waals surface area contributed by atoms with Gasteiger partial charge in [0.1, 0.15) is 18.0 Å². The number of fused-ring (bicyclic) bond motifs is 4. The van der Waals surface area contributed by atoms with Crippen LogP contribution >= 0.6 is 0 Å². The molecule has 3 fully saturated rings. The summed E-state index contributed by atoms with van der Waals surface area (Å²) in [4.78, 5) is 39.7. The van der Waals surface area contributed by atoms with Crippen LogP contribution in [0.2, 0.25) is 0 Å². The summed E-state index contributed by atoms with van der Waals surface area (Å²) < 4.78 is 23.5. The number of carbonyl (C=O) groups excluding carboxylic acids is 3. The first-order valence-electron chi connectivity index (χ1n) is 12.4. The minimum absolute atomic E-state index is 0.0648. The molecule has 3 heterocycles. The molecule has 7 heteroatoms. The first kappa shape index (κ1) is 22.8. The normalized spacial score (nSPS) is 45.3. The van der Waals surface area contributed by atoms with Gasteiger partial charge >= 0.3 is 11.9 Å². The zero-order chi connectivity index (χ0) is 25.1. The molecule has 3 aliphatic carbocycles. The van der Waals surface area contributed by atoms with E-state index in [1.807, 2.05) is 26.8 Å². The van der Waals surface area contributed by atoms with Crippen molar-refractivity contribution in [3.05, 3.63) is 47.0 Å². The minimum Gasteiger partial charge on any atom is -0.469 e. The number of furan rings is 1. The van der Waals surface area contributed by atoms with Gasteiger partial charge in [-0.15, -0.1) is 0 Å². The van der Waals surface area contributed by atoms with E-state index in [4.69, 9.17) is 18.6 Å². The van der Waals surface area contributed by atoms with Crippen LogP contribution in [0.4, 0.5) is 0 Å². The number of ketones is 1. The van der Waals surface area contributed by atoms with Crippen LogP contribution in [-0.2, 0) is 28.6 Å². The van der Waals surface area contributed by atoms with E-state index in [2.05, 4.69) is 13.8 Å². The minimum atomic E-state index is -0.991. The number of esters is 2. The van der Waals surface area contributed by atoms with Crippen molar-refractivity contribution in [1.29, 1.82) is 0 Å². The van der Waals surface area contributed by atoms with Crippen LogP contribution in [0.3, 0.4) is 0 Å². The molecule has 0 radical (unpaired) electrons. The predicted molar refractivity (Wildman–Crippen MR) is 124 cm³/mol. The van der Waals surface area contributed by atoms with E-state index in [1.54, 1.807) is 12.3 Å². The van der Waals surface area contributed by atoms with E-state index in [0.717, 1.165) is 23.3 Å². The summed E-state index contributed by atoms with van der Waals surface area (Å²) in [7, 11) is 1.37. The summed E-state index contributed by atoms with van der Waals surface area (Å²) in [6, 6.07) is 2.01. The maximum absolute atomic E-state index is 13.7. The highest BCUT2D eigenvalue weighted by Gasteiger charge is 2.77. The first-order valence-corrected chi connectivity index (χ1v) is 12.4. The third-order valence-electron chi connectivity index (χ3n) is 10.2. The van der Waals surface area contributed by atoms with Crippen LogP contribution < -0.4 is 0 Å². The number of hydrogen-bond acceptors (Lipinski definition) is 7. The Bertz CT molecular complexity index is 1220. The molecule has 1 aromatic heterocycles. The second-order valence-electron chi connectivity index (χ2n) is 11.6. The predicted octanol–water partition coefficient (Wildman–Crippen LogP) is 4.05. The summed E-state index contributed by atoms with van der Waals surface area (Å²) in [5.74, 6) is -0.592. The quantitative estimate of drug-likeness (QED) is 0.476. The summed E-state index contributed by atoms with van der Waals surface area (Å²) >= 11 is 0. The fourth-order valence-corrected chi connectivity index (χ4v) is 8.66. The van der Waals surface area contributed by atoms with Gasteiger partial charge in [0.25, 0.3) is 0 Å². The second-order valence-corrected chi connectivity index (χ2v) is 11.6. The van der Waals surface area contributed by atoms with Crippen molar-refractivity contribution in [3.63, 3.8) is 0 Å². The van der Waals surface area contributed by atoms with Gasteiger partial charge in [0.05, 0.1) is 31.3 Å². The van der Waals surface area contributed by atoms with E-state index < -0.39 is 40.3 Å². The zero-order valence-electron chi connectivity index (χ0n) is 21.0. The average Bonchev–Trinajstić information content (AvgIpc) is 3.52. The molecule has 0 bridgehead atoms. The van der Waals surface area contributed by atoms with E-state index in [1.165, 1.54) is 18.8 Å². The molecular formula is C28H32O7. The second kappa shape index (κ2) is 6.96. The molecule has 0 aromatic carbocycles. The van der Waals surface area contributed by atoms with Gasteiger partial charge in [-0.1, -0.05) is 25.5 Å². The molecule has 1 aromatic rings. The number of allylic oxidation sites excluding steroid dienone is 2. The largest absolute Gasteiger partial charge is 0.469 e. The highest BCUT2D eigenvalue weighted by atomic mass is 16.6. The van der Waals surface area contributed by atoms with Crippen molar-refractivity contribution in [1.82, 2.24) is 0 Å². The van der Waals surface area contributed by atoms with Crippen molar-refractivity contribution in [2.45, 2.75) is 71.7 Å². The lowest BCUT2D eigenvalue weighted by atomic mass is 9.42. The fraction of sp³-hybridized carbons (Fsp3) is 0.607. The number of rotatable bonds is 3. The zero-order valence-corrected chi connectivity index (χ0v) is 21.0. The molecule has 0 N–H and O–H groups in total. The first-order chi connectivity index (χ1) is 16.5. The molecule has 0 amide bonds. The molecule has 9 atom stereocenters. The van der Waals surface area contributed by atoms with Gasteiger partial charge in [0.2, 0.25) is 0 Å². The summed E-state index contributed by atoms with van der Waals surface area (Å²) in [5, 5.41) is 0. The number of ether oxygens (including phenoxy) is 3. The van der Waals surface area contributed by atoms with E-state index in [0.29, 0.717) is 0 Å². The van der Waals surface area contributed by atoms with Crippen molar-refractivity contribution >= 4 is 17.7 Å². The van der Waals surface area contributed by atoms with Crippen LogP contribution in [-0.4, -0.2) is 43.1 Å².